The lowest BCUT2D eigenvalue weighted by Gasteiger charge is -2.12. The molecule has 0 aliphatic heterocycles. The van der Waals surface area contributed by atoms with Gasteiger partial charge in [-0.25, -0.2) is 4.79 Å². The second kappa shape index (κ2) is 5.82. The van der Waals surface area contributed by atoms with E-state index in [1.165, 1.54) is 19.2 Å². The van der Waals surface area contributed by atoms with Crippen molar-refractivity contribution in [1.82, 2.24) is 10.1 Å². The molecule has 0 radical (unpaired) electrons. The molecule has 2 rings (SSSR count). The molecule has 1 heterocycles. The number of rotatable bonds is 4. The van der Waals surface area contributed by atoms with Crippen LogP contribution in [0.4, 0.5) is 0 Å². The summed E-state index contributed by atoms with van der Waals surface area (Å²) >= 11 is 0. The van der Waals surface area contributed by atoms with Crippen LogP contribution in [0, 0.1) is 6.92 Å². The molecule has 1 aromatic heterocycles. The number of aromatic nitrogens is 2. The minimum atomic E-state index is -0.583. The molecule has 21 heavy (non-hydrogen) atoms. The Hall–Kier alpha value is -2.57. The van der Waals surface area contributed by atoms with E-state index in [0.717, 1.165) is 0 Å². The minimum Gasteiger partial charge on any atom is -0.504 e. The van der Waals surface area contributed by atoms with E-state index in [4.69, 9.17) is 14.0 Å². The van der Waals surface area contributed by atoms with Crippen molar-refractivity contribution in [1.29, 1.82) is 0 Å². The van der Waals surface area contributed by atoms with Crippen molar-refractivity contribution < 1.29 is 23.9 Å². The summed E-state index contributed by atoms with van der Waals surface area (Å²) in [6.45, 7) is 5.11. The lowest BCUT2D eigenvalue weighted by molar-refractivity contribution is 0.0378. The van der Waals surface area contributed by atoms with Crippen LogP contribution >= 0.6 is 0 Å². The lowest BCUT2D eigenvalue weighted by atomic mass is 10.1. The van der Waals surface area contributed by atoms with Gasteiger partial charge in [0.05, 0.1) is 18.8 Å². The molecule has 0 aliphatic carbocycles. The van der Waals surface area contributed by atoms with Gasteiger partial charge in [0.2, 0.25) is 11.7 Å². The molecule has 1 aromatic carbocycles. The van der Waals surface area contributed by atoms with Crippen molar-refractivity contribution in [3.8, 4) is 22.9 Å². The van der Waals surface area contributed by atoms with Crippen LogP contribution in [0.25, 0.3) is 11.4 Å². The number of aromatic hydroxyl groups is 1. The summed E-state index contributed by atoms with van der Waals surface area (Å²) < 4.78 is 15.1. The largest absolute Gasteiger partial charge is 0.504 e. The molecule has 0 saturated carbocycles. The number of phenolic OH excluding ortho intramolecular Hbond substituents is 1. The molecule has 0 unspecified atom stereocenters. The summed E-state index contributed by atoms with van der Waals surface area (Å²) in [6.07, 6.45) is -0.290. The van der Waals surface area contributed by atoms with Gasteiger partial charge in [-0.05, 0) is 26.0 Å². The maximum Gasteiger partial charge on any atom is 0.339 e. The third-order valence-electron chi connectivity index (χ3n) is 2.65. The molecule has 7 nitrogen and oxygen atoms in total. The van der Waals surface area contributed by atoms with Crippen LogP contribution in [-0.4, -0.2) is 34.4 Å². The number of methoxy groups -OCH3 is 1. The average molecular weight is 292 g/mol. The zero-order valence-corrected chi connectivity index (χ0v) is 12.2. The zero-order chi connectivity index (χ0) is 15.6. The van der Waals surface area contributed by atoms with Crippen molar-refractivity contribution >= 4 is 5.97 Å². The van der Waals surface area contributed by atoms with Gasteiger partial charge in [-0.1, -0.05) is 5.16 Å². The van der Waals surface area contributed by atoms with Crippen LogP contribution in [0.15, 0.2) is 16.7 Å². The normalized spacial score (nSPS) is 10.7. The standard InChI is InChI=1S/C14H16N2O5/c1-7(2)20-14(18)10-5-11(17)12(19-4)6-9(10)13-15-8(3)21-16-13/h5-7,17H,1-4H3. The van der Waals surface area contributed by atoms with E-state index in [-0.39, 0.29) is 29.0 Å². The SMILES string of the molecule is COc1cc(-c2noc(C)n2)c(C(=O)OC(C)C)cc1O. The molecule has 112 valence electrons. The third-order valence-corrected chi connectivity index (χ3v) is 2.65. The fraction of sp³-hybridized carbons (Fsp3) is 0.357. The van der Waals surface area contributed by atoms with Gasteiger partial charge in [0.1, 0.15) is 0 Å². The molecule has 0 amide bonds. The summed E-state index contributed by atoms with van der Waals surface area (Å²) in [5, 5.41) is 13.6. The van der Waals surface area contributed by atoms with E-state index in [0.29, 0.717) is 11.5 Å². The molecule has 0 spiro atoms. The molecule has 0 saturated heterocycles. The van der Waals surface area contributed by atoms with Crippen LogP contribution in [-0.2, 0) is 4.74 Å². The predicted molar refractivity (Wildman–Crippen MR) is 73.2 cm³/mol. The number of hydrogen-bond acceptors (Lipinski definition) is 7. The molecule has 0 fully saturated rings. The van der Waals surface area contributed by atoms with E-state index in [1.54, 1.807) is 20.8 Å². The monoisotopic (exact) mass is 292 g/mol. The Morgan fingerprint density at radius 1 is 1.38 bits per heavy atom. The number of hydrogen-bond donors (Lipinski definition) is 1. The van der Waals surface area contributed by atoms with Crippen LogP contribution in [0.3, 0.4) is 0 Å². The Balaban J connectivity index is 2.56. The Morgan fingerprint density at radius 2 is 2.10 bits per heavy atom. The number of benzene rings is 1. The Kier molecular flexibility index (Phi) is 4.11. The topological polar surface area (TPSA) is 94.7 Å². The van der Waals surface area contributed by atoms with E-state index in [1.807, 2.05) is 0 Å². The number of ether oxygens (including phenoxy) is 2. The third kappa shape index (κ3) is 3.13. The molecule has 1 N–H and O–H groups in total. The number of carbonyl (C=O) groups excluding carboxylic acids is 1. The van der Waals surface area contributed by atoms with Crippen LogP contribution in [0.1, 0.15) is 30.1 Å². The smallest absolute Gasteiger partial charge is 0.339 e. The maximum atomic E-state index is 12.1. The van der Waals surface area contributed by atoms with Gasteiger partial charge in [-0.2, -0.15) is 4.98 Å². The number of esters is 1. The lowest BCUT2D eigenvalue weighted by Crippen LogP contribution is -2.13. The molecule has 0 atom stereocenters. The molecular weight excluding hydrogens is 276 g/mol. The number of carbonyl (C=O) groups is 1. The van der Waals surface area contributed by atoms with E-state index < -0.39 is 5.97 Å². The Morgan fingerprint density at radius 3 is 2.62 bits per heavy atom. The highest BCUT2D eigenvalue weighted by molar-refractivity contribution is 5.97. The first-order chi connectivity index (χ1) is 9.92. The highest BCUT2D eigenvalue weighted by Crippen LogP contribution is 2.34. The van der Waals surface area contributed by atoms with Gasteiger partial charge in [0.25, 0.3) is 0 Å². The van der Waals surface area contributed by atoms with Crippen LogP contribution in [0.5, 0.6) is 11.5 Å². The quantitative estimate of drug-likeness (QED) is 0.864. The maximum absolute atomic E-state index is 12.1. The Bertz CT molecular complexity index is 663. The summed E-state index contributed by atoms with van der Waals surface area (Å²) in [7, 11) is 1.41. The van der Waals surface area contributed by atoms with Gasteiger partial charge < -0.3 is 19.1 Å². The summed E-state index contributed by atoms with van der Waals surface area (Å²) in [6, 6.07) is 2.74. The van der Waals surface area contributed by atoms with E-state index >= 15 is 0 Å². The van der Waals surface area contributed by atoms with Crippen molar-refractivity contribution in [2.45, 2.75) is 26.9 Å². The number of aryl methyl sites for hydroxylation is 1. The molecule has 0 aliphatic rings. The van der Waals surface area contributed by atoms with Gasteiger partial charge >= 0.3 is 5.97 Å². The summed E-state index contributed by atoms with van der Waals surface area (Å²) in [4.78, 5) is 16.2. The second-order valence-corrected chi connectivity index (χ2v) is 4.66. The van der Waals surface area contributed by atoms with Crippen molar-refractivity contribution in [3.63, 3.8) is 0 Å². The zero-order valence-electron chi connectivity index (χ0n) is 12.2. The van der Waals surface area contributed by atoms with E-state index in [2.05, 4.69) is 10.1 Å². The molecule has 0 bridgehead atoms. The molecule has 2 aromatic rings. The van der Waals surface area contributed by atoms with Crippen molar-refractivity contribution in [3.05, 3.63) is 23.6 Å². The first kappa shape index (κ1) is 14.8. The number of phenols is 1. The summed E-state index contributed by atoms with van der Waals surface area (Å²) in [5.41, 5.74) is 0.509. The summed E-state index contributed by atoms with van der Waals surface area (Å²) in [5.74, 6) is 0.0350. The average Bonchev–Trinajstić information content (AvgIpc) is 2.84. The highest BCUT2D eigenvalue weighted by atomic mass is 16.5. The van der Waals surface area contributed by atoms with Gasteiger partial charge in [0.15, 0.2) is 11.5 Å². The van der Waals surface area contributed by atoms with Crippen molar-refractivity contribution in [2.75, 3.05) is 7.11 Å². The van der Waals surface area contributed by atoms with Gasteiger partial charge in [-0.3, -0.25) is 0 Å². The fourth-order valence-electron chi connectivity index (χ4n) is 1.77. The molecule has 7 heteroatoms. The predicted octanol–water partition coefficient (Wildman–Crippen LogP) is 2.32. The van der Waals surface area contributed by atoms with Gasteiger partial charge in [0, 0.05) is 12.5 Å². The van der Waals surface area contributed by atoms with Crippen LogP contribution in [0.2, 0.25) is 0 Å². The molecular formula is C14H16N2O5. The fourth-order valence-corrected chi connectivity index (χ4v) is 1.77. The van der Waals surface area contributed by atoms with Crippen molar-refractivity contribution in [2.24, 2.45) is 0 Å². The second-order valence-electron chi connectivity index (χ2n) is 4.66. The minimum absolute atomic E-state index is 0.141. The first-order valence-corrected chi connectivity index (χ1v) is 6.35. The number of nitrogens with zero attached hydrogens (tertiary/aromatic N) is 2. The van der Waals surface area contributed by atoms with E-state index in [9.17, 15) is 9.90 Å². The Labute approximate surface area is 121 Å². The highest BCUT2D eigenvalue weighted by Gasteiger charge is 2.22. The van der Waals surface area contributed by atoms with Gasteiger partial charge in [-0.15, -0.1) is 0 Å². The first-order valence-electron chi connectivity index (χ1n) is 6.35. The van der Waals surface area contributed by atoms with Crippen LogP contribution < -0.4 is 4.74 Å².